The molecular formula is C20H23N3O2. The van der Waals surface area contributed by atoms with Crippen molar-refractivity contribution in [3.63, 3.8) is 0 Å². The summed E-state index contributed by atoms with van der Waals surface area (Å²) >= 11 is 0. The van der Waals surface area contributed by atoms with Crippen LogP contribution in [0.15, 0.2) is 48.5 Å². The number of aryl methyl sites for hydroxylation is 1. The molecular weight excluding hydrogens is 314 g/mol. The number of rotatable bonds is 4. The summed E-state index contributed by atoms with van der Waals surface area (Å²) in [6.45, 7) is 4.48. The van der Waals surface area contributed by atoms with Crippen LogP contribution in [0.4, 0.5) is 11.4 Å². The summed E-state index contributed by atoms with van der Waals surface area (Å²) in [5.74, 6) is -1.29. The average Bonchev–Trinajstić information content (AvgIpc) is 3.15. The van der Waals surface area contributed by atoms with Crippen LogP contribution >= 0.6 is 0 Å². The van der Waals surface area contributed by atoms with E-state index < -0.39 is 11.8 Å². The van der Waals surface area contributed by atoms with Crippen molar-refractivity contribution in [2.24, 2.45) is 0 Å². The van der Waals surface area contributed by atoms with Gasteiger partial charge in [0.15, 0.2) is 0 Å². The van der Waals surface area contributed by atoms with E-state index in [0.717, 1.165) is 29.9 Å². The van der Waals surface area contributed by atoms with Gasteiger partial charge in [-0.25, -0.2) is 0 Å². The highest BCUT2D eigenvalue weighted by atomic mass is 16.2. The van der Waals surface area contributed by atoms with E-state index in [9.17, 15) is 9.59 Å². The third-order valence-electron chi connectivity index (χ3n) is 4.34. The second-order valence-corrected chi connectivity index (χ2v) is 6.37. The van der Waals surface area contributed by atoms with Gasteiger partial charge in [-0.05, 0) is 49.6 Å². The van der Waals surface area contributed by atoms with E-state index in [0.29, 0.717) is 12.2 Å². The normalized spacial score (nSPS) is 13.6. The van der Waals surface area contributed by atoms with Crippen molar-refractivity contribution in [1.29, 1.82) is 0 Å². The minimum atomic E-state index is -0.651. The van der Waals surface area contributed by atoms with Crippen LogP contribution in [0.3, 0.4) is 0 Å². The Morgan fingerprint density at radius 1 is 1.00 bits per heavy atom. The SMILES string of the molecule is Cc1cccc(CNC(=O)C(=O)Nc2ccc(N3CCCC3)cc2)c1. The van der Waals surface area contributed by atoms with Crippen LogP contribution in [0.25, 0.3) is 0 Å². The number of hydrogen-bond donors (Lipinski definition) is 2. The largest absolute Gasteiger partial charge is 0.372 e. The van der Waals surface area contributed by atoms with Crippen molar-refractivity contribution >= 4 is 23.2 Å². The number of anilines is 2. The molecule has 0 radical (unpaired) electrons. The molecule has 2 N–H and O–H groups in total. The van der Waals surface area contributed by atoms with Crippen molar-refractivity contribution in [3.8, 4) is 0 Å². The molecule has 2 aromatic carbocycles. The van der Waals surface area contributed by atoms with E-state index in [4.69, 9.17) is 0 Å². The second kappa shape index (κ2) is 7.83. The summed E-state index contributed by atoms with van der Waals surface area (Å²) in [6, 6.07) is 15.4. The number of benzene rings is 2. The predicted molar refractivity (Wildman–Crippen MR) is 99.5 cm³/mol. The number of carbonyl (C=O) groups excluding carboxylic acids is 2. The van der Waals surface area contributed by atoms with Crippen molar-refractivity contribution in [2.45, 2.75) is 26.3 Å². The Balaban J connectivity index is 1.51. The topological polar surface area (TPSA) is 61.4 Å². The molecule has 0 spiro atoms. The summed E-state index contributed by atoms with van der Waals surface area (Å²) in [4.78, 5) is 26.3. The summed E-state index contributed by atoms with van der Waals surface area (Å²) in [5, 5.41) is 5.28. The smallest absolute Gasteiger partial charge is 0.313 e. The van der Waals surface area contributed by atoms with E-state index in [1.165, 1.54) is 12.8 Å². The molecule has 0 aromatic heterocycles. The Hall–Kier alpha value is -2.82. The standard InChI is InChI=1S/C20H23N3O2/c1-15-5-4-6-16(13-15)14-21-19(24)20(25)22-17-7-9-18(10-8-17)23-11-2-3-12-23/h4-10,13H,2-3,11-12,14H2,1H3,(H,21,24)(H,22,25). The molecule has 1 heterocycles. The maximum Gasteiger partial charge on any atom is 0.313 e. The summed E-state index contributed by atoms with van der Waals surface area (Å²) < 4.78 is 0. The quantitative estimate of drug-likeness (QED) is 0.844. The Labute approximate surface area is 148 Å². The van der Waals surface area contributed by atoms with E-state index in [1.54, 1.807) is 0 Å². The first-order valence-corrected chi connectivity index (χ1v) is 8.61. The Bertz CT molecular complexity index is 750. The number of amides is 2. The minimum Gasteiger partial charge on any atom is -0.372 e. The van der Waals surface area contributed by atoms with Crippen LogP contribution in [-0.4, -0.2) is 24.9 Å². The maximum absolute atomic E-state index is 12.0. The molecule has 0 unspecified atom stereocenters. The van der Waals surface area contributed by atoms with Gasteiger partial charge in [0.25, 0.3) is 0 Å². The van der Waals surface area contributed by atoms with Crippen LogP contribution in [0.1, 0.15) is 24.0 Å². The monoisotopic (exact) mass is 337 g/mol. The van der Waals surface area contributed by atoms with Crippen molar-refractivity contribution in [1.82, 2.24) is 5.32 Å². The van der Waals surface area contributed by atoms with Gasteiger partial charge in [-0.2, -0.15) is 0 Å². The lowest BCUT2D eigenvalue weighted by atomic mass is 10.1. The van der Waals surface area contributed by atoms with Crippen LogP contribution in [0.2, 0.25) is 0 Å². The van der Waals surface area contributed by atoms with Crippen molar-refractivity contribution in [2.75, 3.05) is 23.3 Å². The van der Waals surface area contributed by atoms with Crippen molar-refractivity contribution < 1.29 is 9.59 Å². The number of nitrogens with one attached hydrogen (secondary N) is 2. The number of hydrogen-bond acceptors (Lipinski definition) is 3. The molecule has 0 saturated carbocycles. The first kappa shape index (κ1) is 17.0. The van der Waals surface area contributed by atoms with E-state index in [1.807, 2.05) is 55.5 Å². The van der Waals surface area contributed by atoms with E-state index in [-0.39, 0.29) is 0 Å². The van der Waals surface area contributed by atoms with Gasteiger partial charge < -0.3 is 15.5 Å². The molecule has 130 valence electrons. The molecule has 1 fully saturated rings. The highest BCUT2D eigenvalue weighted by Crippen LogP contribution is 2.21. The van der Waals surface area contributed by atoms with Gasteiger partial charge in [0.2, 0.25) is 0 Å². The Morgan fingerprint density at radius 2 is 1.72 bits per heavy atom. The summed E-state index contributed by atoms with van der Waals surface area (Å²) in [7, 11) is 0. The third-order valence-corrected chi connectivity index (χ3v) is 4.34. The zero-order valence-electron chi connectivity index (χ0n) is 14.4. The molecule has 2 amide bonds. The average molecular weight is 337 g/mol. The molecule has 2 aromatic rings. The summed E-state index contributed by atoms with van der Waals surface area (Å²) in [5.41, 5.74) is 3.86. The second-order valence-electron chi connectivity index (χ2n) is 6.37. The van der Waals surface area contributed by atoms with Crippen LogP contribution in [-0.2, 0) is 16.1 Å². The van der Waals surface area contributed by atoms with Crippen molar-refractivity contribution in [3.05, 3.63) is 59.7 Å². The van der Waals surface area contributed by atoms with E-state index >= 15 is 0 Å². The number of nitrogens with zero attached hydrogens (tertiary/aromatic N) is 1. The molecule has 0 bridgehead atoms. The number of carbonyl (C=O) groups is 2. The van der Waals surface area contributed by atoms with Gasteiger partial charge in [0, 0.05) is 31.0 Å². The van der Waals surface area contributed by atoms with Crippen LogP contribution in [0, 0.1) is 6.92 Å². The molecule has 1 aliphatic rings. The Morgan fingerprint density at radius 3 is 2.40 bits per heavy atom. The van der Waals surface area contributed by atoms with Crippen LogP contribution < -0.4 is 15.5 Å². The van der Waals surface area contributed by atoms with Gasteiger partial charge in [-0.15, -0.1) is 0 Å². The minimum absolute atomic E-state index is 0.335. The van der Waals surface area contributed by atoms with Gasteiger partial charge in [-0.3, -0.25) is 9.59 Å². The molecule has 5 nitrogen and oxygen atoms in total. The summed E-state index contributed by atoms with van der Waals surface area (Å²) in [6.07, 6.45) is 2.44. The molecule has 1 aliphatic heterocycles. The fourth-order valence-electron chi connectivity index (χ4n) is 3.00. The highest BCUT2D eigenvalue weighted by molar-refractivity contribution is 6.39. The Kier molecular flexibility index (Phi) is 5.33. The first-order valence-electron chi connectivity index (χ1n) is 8.61. The maximum atomic E-state index is 12.0. The lowest BCUT2D eigenvalue weighted by Gasteiger charge is -2.17. The predicted octanol–water partition coefficient (Wildman–Crippen LogP) is 2.85. The zero-order chi connectivity index (χ0) is 17.6. The zero-order valence-corrected chi connectivity index (χ0v) is 14.4. The highest BCUT2D eigenvalue weighted by Gasteiger charge is 2.15. The fourth-order valence-corrected chi connectivity index (χ4v) is 3.00. The van der Waals surface area contributed by atoms with Crippen LogP contribution in [0.5, 0.6) is 0 Å². The van der Waals surface area contributed by atoms with Gasteiger partial charge in [0.1, 0.15) is 0 Å². The van der Waals surface area contributed by atoms with E-state index in [2.05, 4.69) is 15.5 Å². The molecule has 0 aliphatic carbocycles. The fraction of sp³-hybridized carbons (Fsp3) is 0.300. The third kappa shape index (κ3) is 4.59. The molecule has 5 heteroatoms. The molecule has 0 atom stereocenters. The van der Waals surface area contributed by atoms with Gasteiger partial charge in [-0.1, -0.05) is 29.8 Å². The molecule has 3 rings (SSSR count). The first-order chi connectivity index (χ1) is 12.1. The lowest BCUT2D eigenvalue weighted by Crippen LogP contribution is -2.34. The molecule has 1 saturated heterocycles. The van der Waals surface area contributed by atoms with Gasteiger partial charge >= 0.3 is 11.8 Å². The van der Waals surface area contributed by atoms with Gasteiger partial charge in [0.05, 0.1) is 0 Å². The molecule has 25 heavy (non-hydrogen) atoms. The lowest BCUT2D eigenvalue weighted by molar-refractivity contribution is -0.136.